The number of ketones is 1. The van der Waals surface area contributed by atoms with Crippen molar-refractivity contribution in [3.63, 3.8) is 0 Å². The number of aromatic nitrogens is 2. The number of nitrogens with zero attached hydrogens (tertiary/aromatic N) is 2. The summed E-state index contributed by atoms with van der Waals surface area (Å²) in [5.74, 6) is -1.21. The third-order valence-corrected chi connectivity index (χ3v) is 3.52. The number of benzene rings is 1. The van der Waals surface area contributed by atoms with E-state index in [2.05, 4.69) is 10.4 Å². The van der Waals surface area contributed by atoms with Gasteiger partial charge in [0.2, 0.25) is 0 Å². The van der Waals surface area contributed by atoms with Crippen LogP contribution < -0.4 is 5.32 Å². The van der Waals surface area contributed by atoms with Crippen LogP contribution >= 0.6 is 11.6 Å². The molecule has 2 rings (SSSR count). The third kappa shape index (κ3) is 3.31. The number of amides is 1. The number of hydrogen-bond acceptors (Lipinski definition) is 3. The first-order valence-corrected chi connectivity index (χ1v) is 6.85. The predicted octanol–water partition coefficient (Wildman–Crippen LogP) is 2.19. The molecule has 21 heavy (non-hydrogen) atoms. The second-order valence-corrected chi connectivity index (χ2v) is 5.25. The van der Waals surface area contributed by atoms with E-state index >= 15 is 0 Å². The molecule has 0 aliphatic carbocycles. The number of hydrogen-bond donors (Lipinski definition) is 1. The van der Waals surface area contributed by atoms with Gasteiger partial charge in [0, 0.05) is 24.3 Å². The van der Waals surface area contributed by atoms with Crippen LogP contribution in [0.4, 0.5) is 0 Å². The molecular formula is C15H16ClN3O2. The minimum atomic E-state index is -0.644. The third-order valence-electron chi connectivity index (χ3n) is 3.28. The fourth-order valence-electron chi connectivity index (χ4n) is 2.13. The van der Waals surface area contributed by atoms with Gasteiger partial charge in [-0.1, -0.05) is 23.7 Å². The van der Waals surface area contributed by atoms with Crippen molar-refractivity contribution in [2.75, 3.05) is 0 Å². The van der Waals surface area contributed by atoms with Gasteiger partial charge < -0.3 is 5.32 Å². The fraction of sp³-hybridized carbons (Fsp3) is 0.267. The van der Waals surface area contributed by atoms with Gasteiger partial charge in [-0.15, -0.1) is 0 Å². The van der Waals surface area contributed by atoms with E-state index in [1.807, 2.05) is 6.07 Å². The smallest absolute Gasteiger partial charge is 0.292 e. The zero-order valence-electron chi connectivity index (χ0n) is 12.1. The topological polar surface area (TPSA) is 64.0 Å². The van der Waals surface area contributed by atoms with E-state index in [9.17, 15) is 9.59 Å². The Morgan fingerprint density at radius 3 is 2.62 bits per heavy atom. The van der Waals surface area contributed by atoms with Crippen LogP contribution in [0, 0.1) is 13.8 Å². The number of carbonyl (C=O) groups excluding carboxylic acids is 2. The van der Waals surface area contributed by atoms with Crippen molar-refractivity contribution in [1.82, 2.24) is 15.1 Å². The SMILES string of the molecule is Cc1nn(C)c(C)c1C(=O)C(=O)NCc1cccc(Cl)c1. The van der Waals surface area contributed by atoms with Gasteiger partial charge in [0.15, 0.2) is 0 Å². The monoisotopic (exact) mass is 305 g/mol. The van der Waals surface area contributed by atoms with E-state index in [-0.39, 0.29) is 6.54 Å². The number of aryl methyl sites for hydroxylation is 2. The zero-order chi connectivity index (χ0) is 15.6. The molecule has 1 amide bonds. The molecule has 0 aliphatic rings. The molecule has 110 valence electrons. The highest BCUT2D eigenvalue weighted by molar-refractivity contribution is 6.43. The van der Waals surface area contributed by atoms with Gasteiger partial charge in [-0.3, -0.25) is 14.3 Å². The minimum Gasteiger partial charge on any atom is -0.345 e. The van der Waals surface area contributed by atoms with Gasteiger partial charge >= 0.3 is 0 Å². The van der Waals surface area contributed by atoms with Crippen LogP contribution in [-0.2, 0) is 18.4 Å². The maximum absolute atomic E-state index is 12.2. The lowest BCUT2D eigenvalue weighted by Gasteiger charge is -2.05. The first kappa shape index (κ1) is 15.3. The molecule has 2 aromatic rings. The largest absolute Gasteiger partial charge is 0.345 e. The van der Waals surface area contributed by atoms with Gasteiger partial charge in [-0.25, -0.2) is 0 Å². The van der Waals surface area contributed by atoms with E-state index < -0.39 is 11.7 Å². The Hall–Kier alpha value is -2.14. The van der Waals surface area contributed by atoms with Crippen molar-refractivity contribution in [2.45, 2.75) is 20.4 Å². The summed E-state index contributed by atoms with van der Waals surface area (Å²) in [4.78, 5) is 24.2. The average Bonchev–Trinajstić information content (AvgIpc) is 2.69. The number of Topliss-reactive ketones (excluding diaryl/α,β-unsaturated/α-hetero) is 1. The Bertz CT molecular complexity index is 707. The lowest BCUT2D eigenvalue weighted by molar-refractivity contribution is -0.117. The molecule has 0 atom stereocenters. The van der Waals surface area contributed by atoms with E-state index in [1.54, 1.807) is 43.8 Å². The van der Waals surface area contributed by atoms with E-state index in [0.717, 1.165) is 5.56 Å². The van der Waals surface area contributed by atoms with Crippen LogP contribution in [0.25, 0.3) is 0 Å². The highest BCUT2D eigenvalue weighted by Crippen LogP contribution is 2.13. The molecule has 1 aromatic heterocycles. The summed E-state index contributed by atoms with van der Waals surface area (Å²) in [6, 6.07) is 7.12. The molecule has 0 saturated heterocycles. The quantitative estimate of drug-likeness (QED) is 0.695. The Labute approximate surface area is 127 Å². The van der Waals surface area contributed by atoms with E-state index in [0.29, 0.717) is 22.0 Å². The van der Waals surface area contributed by atoms with Crippen molar-refractivity contribution in [2.24, 2.45) is 7.05 Å². The molecule has 0 radical (unpaired) electrons. The lowest BCUT2D eigenvalue weighted by atomic mass is 10.1. The number of rotatable bonds is 4. The predicted molar refractivity (Wildman–Crippen MR) is 80.3 cm³/mol. The molecule has 1 N–H and O–H groups in total. The molecular weight excluding hydrogens is 290 g/mol. The summed E-state index contributed by atoms with van der Waals surface area (Å²) in [6.45, 7) is 3.73. The standard InChI is InChI=1S/C15H16ClN3O2/c1-9-13(10(2)19(3)18-9)14(20)15(21)17-8-11-5-4-6-12(16)7-11/h4-7H,8H2,1-3H3,(H,17,21). The molecule has 0 fully saturated rings. The summed E-state index contributed by atoms with van der Waals surface area (Å²) in [5.41, 5.74) is 2.43. The molecule has 0 aliphatic heterocycles. The van der Waals surface area contributed by atoms with Gasteiger partial charge in [-0.05, 0) is 31.5 Å². The summed E-state index contributed by atoms with van der Waals surface area (Å²) in [5, 5.41) is 7.34. The first-order valence-electron chi connectivity index (χ1n) is 6.47. The lowest BCUT2D eigenvalue weighted by Crippen LogP contribution is -2.31. The molecule has 0 saturated carbocycles. The van der Waals surface area contributed by atoms with Crippen molar-refractivity contribution in [3.05, 3.63) is 51.8 Å². The van der Waals surface area contributed by atoms with E-state index in [4.69, 9.17) is 11.6 Å². The van der Waals surface area contributed by atoms with Crippen LogP contribution in [0.1, 0.15) is 27.3 Å². The van der Waals surface area contributed by atoms with Gasteiger partial charge in [0.25, 0.3) is 11.7 Å². The molecule has 0 bridgehead atoms. The maximum Gasteiger partial charge on any atom is 0.292 e. The minimum absolute atomic E-state index is 0.253. The van der Waals surface area contributed by atoms with Gasteiger partial charge in [0.1, 0.15) is 0 Å². The Kier molecular flexibility index (Phi) is 4.43. The highest BCUT2D eigenvalue weighted by atomic mass is 35.5. The summed E-state index contributed by atoms with van der Waals surface area (Å²) in [6.07, 6.45) is 0. The van der Waals surface area contributed by atoms with Crippen LogP contribution in [-0.4, -0.2) is 21.5 Å². The summed E-state index contributed by atoms with van der Waals surface area (Å²) >= 11 is 5.87. The Balaban J connectivity index is 2.08. The van der Waals surface area contributed by atoms with Gasteiger partial charge in [-0.2, -0.15) is 5.10 Å². The van der Waals surface area contributed by atoms with Crippen molar-refractivity contribution in [3.8, 4) is 0 Å². The highest BCUT2D eigenvalue weighted by Gasteiger charge is 2.23. The first-order chi connectivity index (χ1) is 9.90. The molecule has 0 spiro atoms. The Morgan fingerprint density at radius 1 is 1.33 bits per heavy atom. The second-order valence-electron chi connectivity index (χ2n) is 4.81. The van der Waals surface area contributed by atoms with Crippen LogP contribution in [0.15, 0.2) is 24.3 Å². The number of nitrogens with one attached hydrogen (secondary N) is 1. The summed E-state index contributed by atoms with van der Waals surface area (Å²) < 4.78 is 1.59. The van der Waals surface area contributed by atoms with Crippen LogP contribution in [0.2, 0.25) is 5.02 Å². The second kappa shape index (κ2) is 6.10. The maximum atomic E-state index is 12.2. The molecule has 1 aromatic carbocycles. The average molecular weight is 306 g/mol. The number of carbonyl (C=O) groups is 2. The van der Waals surface area contributed by atoms with Crippen LogP contribution in [0.5, 0.6) is 0 Å². The number of halogens is 1. The Morgan fingerprint density at radius 2 is 2.05 bits per heavy atom. The van der Waals surface area contributed by atoms with Crippen molar-refractivity contribution >= 4 is 23.3 Å². The summed E-state index contributed by atoms with van der Waals surface area (Å²) in [7, 11) is 1.74. The molecule has 5 nitrogen and oxygen atoms in total. The normalized spacial score (nSPS) is 10.5. The van der Waals surface area contributed by atoms with Crippen molar-refractivity contribution < 1.29 is 9.59 Å². The molecule has 1 heterocycles. The van der Waals surface area contributed by atoms with Gasteiger partial charge in [0.05, 0.1) is 11.3 Å². The van der Waals surface area contributed by atoms with Crippen molar-refractivity contribution in [1.29, 1.82) is 0 Å². The van der Waals surface area contributed by atoms with E-state index in [1.165, 1.54) is 0 Å². The van der Waals surface area contributed by atoms with Crippen LogP contribution in [0.3, 0.4) is 0 Å². The fourth-order valence-corrected chi connectivity index (χ4v) is 2.34. The molecule has 0 unspecified atom stereocenters. The zero-order valence-corrected chi connectivity index (χ0v) is 12.9. The molecule has 6 heteroatoms.